The van der Waals surface area contributed by atoms with Crippen molar-refractivity contribution in [1.82, 2.24) is 15.5 Å². The lowest BCUT2D eigenvalue weighted by atomic mass is 10.0. The van der Waals surface area contributed by atoms with E-state index in [4.69, 9.17) is 10.8 Å². The van der Waals surface area contributed by atoms with Crippen LogP contribution in [0.5, 0.6) is 0 Å². The van der Waals surface area contributed by atoms with Crippen LogP contribution in [0.4, 0.5) is 4.79 Å². The number of unbranched alkanes of at least 4 members (excludes halogenated alkanes) is 1. The fourth-order valence-electron chi connectivity index (χ4n) is 3.05. The van der Waals surface area contributed by atoms with Crippen LogP contribution in [0.25, 0.3) is 0 Å². The Bertz CT molecular complexity index is 579. The van der Waals surface area contributed by atoms with Crippen molar-refractivity contribution in [2.24, 2.45) is 5.73 Å². The number of thioether (sulfide) groups is 1. The Balaban J connectivity index is 0.000000209. The molecule has 10 heteroatoms. The maximum absolute atomic E-state index is 11.1. The molecule has 5 N–H and O–H groups in total. The second-order valence-corrected chi connectivity index (χ2v) is 7.48. The molecule has 4 amide bonds. The fraction of sp³-hybridized carbons (Fsp3) is 0.625. The molecule has 3 aliphatic heterocycles. The van der Waals surface area contributed by atoms with Gasteiger partial charge in [-0.05, 0) is 12.8 Å². The van der Waals surface area contributed by atoms with Crippen molar-refractivity contribution in [3.05, 3.63) is 12.2 Å². The molecule has 0 aliphatic carbocycles. The average Bonchev–Trinajstić information content (AvgIpc) is 3.23. The SMILES string of the molecule is NCCN1C(=O)C=CC1=O.O=C(O)CCCC[C@@H]1SC[C@@H]2NC(=O)N[C@@H]21. The van der Waals surface area contributed by atoms with Crippen LogP contribution >= 0.6 is 11.8 Å². The lowest BCUT2D eigenvalue weighted by molar-refractivity contribution is -0.138. The van der Waals surface area contributed by atoms with Crippen molar-refractivity contribution in [2.45, 2.75) is 43.0 Å². The highest BCUT2D eigenvalue weighted by atomic mass is 32.2. The van der Waals surface area contributed by atoms with Crippen molar-refractivity contribution in [3.63, 3.8) is 0 Å². The molecule has 2 saturated heterocycles. The summed E-state index contributed by atoms with van der Waals surface area (Å²) in [6.45, 7) is 0.629. The van der Waals surface area contributed by atoms with Crippen LogP contribution < -0.4 is 16.4 Å². The quantitative estimate of drug-likeness (QED) is 0.267. The zero-order valence-corrected chi connectivity index (χ0v) is 15.2. The Labute approximate surface area is 155 Å². The van der Waals surface area contributed by atoms with Crippen molar-refractivity contribution in [1.29, 1.82) is 0 Å². The van der Waals surface area contributed by atoms with Gasteiger partial charge in [0.1, 0.15) is 0 Å². The predicted molar refractivity (Wildman–Crippen MR) is 96.5 cm³/mol. The highest BCUT2D eigenvalue weighted by molar-refractivity contribution is 8.00. The molecule has 144 valence electrons. The number of aliphatic carboxylic acids is 1. The number of imide groups is 1. The van der Waals surface area contributed by atoms with Crippen LogP contribution in [-0.4, -0.2) is 70.0 Å². The van der Waals surface area contributed by atoms with Crippen LogP contribution in [0.1, 0.15) is 25.7 Å². The average molecular weight is 384 g/mol. The predicted octanol–water partition coefficient (Wildman–Crippen LogP) is -0.333. The molecule has 3 aliphatic rings. The highest BCUT2D eigenvalue weighted by Gasteiger charge is 2.42. The van der Waals surface area contributed by atoms with Gasteiger partial charge in [0.15, 0.2) is 0 Å². The molecule has 2 fully saturated rings. The number of nitrogens with one attached hydrogen (secondary N) is 2. The number of carboxylic acid groups (broad SMARTS) is 1. The van der Waals surface area contributed by atoms with E-state index >= 15 is 0 Å². The van der Waals surface area contributed by atoms with Gasteiger partial charge in [0.2, 0.25) is 0 Å². The second-order valence-electron chi connectivity index (χ2n) is 6.21. The third kappa shape index (κ3) is 5.46. The maximum Gasteiger partial charge on any atom is 0.315 e. The number of carbonyl (C=O) groups is 4. The van der Waals surface area contributed by atoms with E-state index in [9.17, 15) is 19.2 Å². The second kappa shape index (κ2) is 9.58. The van der Waals surface area contributed by atoms with E-state index < -0.39 is 5.97 Å². The maximum atomic E-state index is 11.1. The Morgan fingerprint density at radius 2 is 1.92 bits per heavy atom. The van der Waals surface area contributed by atoms with Gasteiger partial charge in [-0.1, -0.05) is 6.42 Å². The summed E-state index contributed by atoms with van der Waals surface area (Å²) in [6, 6.07) is 0.440. The molecule has 3 rings (SSSR count). The zero-order valence-electron chi connectivity index (χ0n) is 14.3. The first kappa shape index (κ1) is 20.2. The number of urea groups is 1. The fourth-order valence-corrected chi connectivity index (χ4v) is 4.59. The molecule has 0 bridgehead atoms. The smallest absolute Gasteiger partial charge is 0.315 e. The third-order valence-corrected chi connectivity index (χ3v) is 5.83. The Hall–Kier alpha value is -2.07. The molecular weight excluding hydrogens is 360 g/mol. The molecule has 0 radical (unpaired) electrons. The molecule has 0 aromatic carbocycles. The first-order valence-corrected chi connectivity index (χ1v) is 9.61. The number of rotatable bonds is 7. The number of hydrogen-bond acceptors (Lipinski definition) is 6. The van der Waals surface area contributed by atoms with Crippen molar-refractivity contribution in [2.75, 3.05) is 18.8 Å². The molecule has 0 spiro atoms. The van der Waals surface area contributed by atoms with E-state index in [0.717, 1.165) is 29.9 Å². The molecule has 3 atom stereocenters. The first-order valence-electron chi connectivity index (χ1n) is 8.56. The zero-order chi connectivity index (χ0) is 19.1. The number of fused-ring (bicyclic) bond motifs is 1. The van der Waals surface area contributed by atoms with Crippen molar-refractivity contribution < 1.29 is 24.3 Å². The molecule has 0 aromatic rings. The molecule has 3 heterocycles. The van der Waals surface area contributed by atoms with Gasteiger partial charge in [0, 0.05) is 42.7 Å². The summed E-state index contributed by atoms with van der Waals surface area (Å²) in [6.07, 6.45) is 5.38. The first-order chi connectivity index (χ1) is 12.4. The topological polar surface area (TPSA) is 142 Å². The van der Waals surface area contributed by atoms with E-state index in [1.54, 1.807) is 0 Å². The van der Waals surface area contributed by atoms with Gasteiger partial charge in [0.25, 0.3) is 11.8 Å². The molecule has 9 nitrogen and oxygen atoms in total. The number of carbonyl (C=O) groups excluding carboxylic acids is 3. The minimum atomic E-state index is -0.729. The lowest BCUT2D eigenvalue weighted by Gasteiger charge is -2.16. The number of nitrogens with two attached hydrogens (primary N) is 1. The van der Waals surface area contributed by atoms with Gasteiger partial charge in [-0.3, -0.25) is 19.3 Å². The van der Waals surface area contributed by atoms with E-state index in [2.05, 4.69) is 10.6 Å². The van der Waals surface area contributed by atoms with Gasteiger partial charge in [0.05, 0.1) is 12.1 Å². The minimum Gasteiger partial charge on any atom is -0.481 e. The van der Waals surface area contributed by atoms with Crippen LogP contribution in [-0.2, 0) is 14.4 Å². The summed E-state index contributed by atoms with van der Waals surface area (Å²) >= 11 is 1.87. The van der Waals surface area contributed by atoms with E-state index in [0.29, 0.717) is 18.3 Å². The largest absolute Gasteiger partial charge is 0.481 e. The van der Waals surface area contributed by atoms with Gasteiger partial charge >= 0.3 is 12.0 Å². The van der Waals surface area contributed by atoms with Crippen LogP contribution in [0.2, 0.25) is 0 Å². The van der Waals surface area contributed by atoms with Crippen molar-refractivity contribution in [3.8, 4) is 0 Å². The normalized spacial score (nSPS) is 26.3. The molecule has 0 saturated carbocycles. The lowest BCUT2D eigenvalue weighted by Crippen LogP contribution is -2.36. The number of nitrogens with zero attached hydrogens (tertiary/aromatic N) is 1. The monoisotopic (exact) mass is 384 g/mol. The van der Waals surface area contributed by atoms with E-state index in [-0.39, 0.29) is 36.3 Å². The Kier molecular flexibility index (Phi) is 7.46. The summed E-state index contributed by atoms with van der Waals surface area (Å²) in [5, 5.41) is 14.8. The number of carboxylic acids is 1. The summed E-state index contributed by atoms with van der Waals surface area (Å²) < 4.78 is 0. The minimum absolute atomic E-state index is 0.0640. The van der Waals surface area contributed by atoms with E-state index in [1.807, 2.05) is 11.8 Å². The summed E-state index contributed by atoms with van der Waals surface area (Å²) in [4.78, 5) is 44.0. The molecule has 0 aromatic heterocycles. The highest BCUT2D eigenvalue weighted by Crippen LogP contribution is 2.33. The molecular formula is C16H24N4O5S. The van der Waals surface area contributed by atoms with Crippen molar-refractivity contribution >= 4 is 35.6 Å². The Morgan fingerprint density at radius 1 is 1.23 bits per heavy atom. The van der Waals surface area contributed by atoms with E-state index in [1.165, 1.54) is 12.2 Å². The Morgan fingerprint density at radius 3 is 2.54 bits per heavy atom. The molecule has 0 unspecified atom stereocenters. The summed E-state index contributed by atoms with van der Waals surface area (Å²) in [5.41, 5.74) is 5.16. The van der Waals surface area contributed by atoms with Crippen LogP contribution in [0.15, 0.2) is 12.2 Å². The summed E-state index contributed by atoms with van der Waals surface area (Å²) in [7, 11) is 0. The van der Waals surface area contributed by atoms with Gasteiger partial charge < -0.3 is 21.5 Å². The number of amides is 4. The molecule has 26 heavy (non-hydrogen) atoms. The van der Waals surface area contributed by atoms with Crippen LogP contribution in [0.3, 0.4) is 0 Å². The van der Waals surface area contributed by atoms with Crippen LogP contribution in [0, 0.1) is 0 Å². The van der Waals surface area contributed by atoms with Gasteiger partial charge in [-0.25, -0.2) is 4.79 Å². The number of hydrogen-bond donors (Lipinski definition) is 4. The summed E-state index contributed by atoms with van der Waals surface area (Å²) in [5.74, 6) is -0.300. The van der Waals surface area contributed by atoms with Gasteiger partial charge in [-0.2, -0.15) is 11.8 Å². The van der Waals surface area contributed by atoms with Gasteiger partial charge in [-0.15, -0.1) is 0 Å². The third-order valence-electron chi connectivity index (χ3n) is 4.32. The standard InChI is InChI=1S/C10H16N2O3S.C6H8N2O2/c13-8(14)4-2-1-3-7-9-6(5-16-7)11-10(15)12-9;7-3-4-8-5(9)1-2-6(8)10/h6-7,9H,1-5H2,(H,13,14)(H2,11,12,15);1-2H,3-4,7H2/t6-,7-,9-;/m0./s1.